The number of hydrogen-bond acceptors (Lipinski definition) is 6. The smallest absolute Gasteiger partial charge is 0.306 e. The standard InChI is InChI=1S/C56H108O6/c1-7-52(6)44-38-32-26-19-16-17-20-27-33-39-45-54(57)60-48-53(49-61-55(58)46-40-34-28-23-22-25-31-37-43-51(4)5)62-56(59)47-41-35-29-21-15-13-11-9-8-10-12-14-18-24-30-36-42-50(2)3/h50-53H,7-49H2,1-6H3/t52?,53-/m0/s1. The van der Waals surface area contributed by atoms with E-state index < -0.39 is 6.10 Å². The summed E-state index contributed by atoms with van der Waals surface area (Å²) in [6.45, 7) is 13.7. The Hall–Kier alpha value is -1.59. The monoisotopic (exact) mass is 877 g/mol. The number of esters is 3. The van der Waals surface area contributed by atoms with Crippen molar-refractivity contribution in [3.8, 4) is 0 Å². The molecule has 0 N–H and O–H groups in total. The summed E-state index contributed by atoms with van der Waals surface area (Å²) in [4.78, 5) is 38.0. The lowest BCUT2D eigenvalue weighted by atomic mass is 9.99. The predicted molar refractivity (Wildman–Crippen MR) is 266 cm³/mol. The minimum Gasteiger partial charge on any atom is -0.462 e. The lowest BCUT2D eigenvalue weighted by Gasteiger charge is -2.18. The first-order valence-electron chi connectivity index (χ1n) is 27.6. The van der Waals surface area contributed by atoms with Crippen LogP contribution in [0.3, 0.4) is 0 Å². The Balaban J connectivity index is 4.28. The first-order chi connectivity index (χ1) is 30.1. The summed E-state index contributed by atoms with van der Waals surface area (Å²) in [5.74, 6) is 1.67. The Labute approximate surface area is 387 Å². The van der Waals surface area contributed by atoms with Crippen molar-refractivity contribution in [2.75, 3.05) is 13.2 Å². The van der Waals surface area contributed by atoms with E-state index in [1.54, 1.807) is 0 Å². The Morgan fingerprint density at radius 3 is 0.839 bits per heavy atom. The van der Waals surface area contributed by atoms with Gasteiger partial charge in [-0.15, -0.1) is 0 Å². The van der Waals surface area contributed by atoms with Gasteiger partial charge in [0.05, 0.1) is 0 Å². The molecule has 0 aromatic heterocycles. The molecule has 2 atom stereocenters. The quantitative estimate of drug-likeness (QED) is 0.0344. The highest BCUT2D eigenvalue weighted by Gasteiger charge is 2.19. The maximum absolute atomic E-state index is 12.8. The molecule has 6 heteroatoms. The second-order valence-corrected chi connectivity index (χ2v) is 20.4. The van der Waals surface area contributed by atoms with Gasteiger partial charge < -0.3 is 14.2 Å². The third-order valence-electron chi connectivity index (χ3n) is 13.0. The summed E-state index contributed by atoms with van der Waals surface area (Å²) in [7, 11) is 0. The molecule has 6 nitrogen and oxygen atoms in total. The molecule has 368 valence electrons. The van der Waals surface area contributed by atoms with Gasteiger partial charge in [-0.2, -0.15) is 0 Å². The van der Waals surface area contributed by atoms with Gasteiger partial charge in [0.2, 0.25) is 0 Å². The van der Waals surface area contributed by atoms with Crippen LogP contribution >= 0.6 is 0 Å². The van der Waals surface area contributed by atoms with E-state index in [2.05, 4.69) is 41.5 Å². The van der Waals surface area contributed by atoms with Gasteiger partial charge >= 0.3 is 17.9 Å². The van der Waals surface area contributed by atoms with Crippen molar-refractivity contribution >= 4 is 17.9 Å². The molecule has 0 amide bonds. The molecule has 0 aromatic rings. The van der Waals surface area contributed by atoms with Crippen LogP contribution in [0.5, 0.6) is 0 Å². The maximum Gasteiger partial charge on any atom is 0.306 e. The minimum atomic E-state index is -0.763. The Morgan fingerprint density at radius 2 is 0.565 bits per heavy atom. The molecule has 0 heterocycles. The Kier molecular flexibility index (Phi) is 46.2. The third-order valence-corrected chi connectivity index (χ3v) is 13.0. The van der Waals surface area contributed by atoms with Crippen LogP contribution in [-0.4, -0.2) is 37.2 Å². The summed E-state index contributed by atoms with van der Waals surface area (Å²) in [6.07, 6.45) is 48.1. The number of unbranched alkanes of at least 4 members (excludes halogenated alkanes) is 31. The lowest BCUT2D eigenvalue weighted by Crippen LogP contribution is -2.30. The SMILES string of the molecule is CCC(C)CCCCCCCCCCCCC(=O)OC[C@@H](COC(=O)CCCCCCCCCCC(C)C)OC(=O)CCCCCCCCCCCCCCCCCCC(C)C. The molecule has 0 bridgehead atoms. The topological polar surface area (TPSA) is 78.9 Å². The van der Waals surface area contributed by atoms with E-state index in [0.29, 0.717) is 19.3 Å². The summed E-state index contributed by atoms with van der Waals surface area (Å²) in [5, 5.41) is 0. The molecule has 62 heavy (non-hydrogen) atoms. The number of rotatable bonds is 49. The maximum atomic E-state index is 12.8. The van der Waals surface area contributed by atoms with Crippen molar-refractivity contribution in [3.63, 3.8) is 0 Å². The molecule has 0 aliphatic rings. The van der Waals surface area contributed by atoms with Crippen molar-refractivity contribution in [1.29, 1.82) is 0 Å². The van der Waals surface area contributed by atoms with Crippen LogP contribution < -0.4 is 0 Å². The van der Waals surface area contributed by atoms with Crippen LogP contribution in [0.15, 0.2) is 0 Å². The van der Waals surface area contributed by atoms with E-state index in [-0.39, 0.29) is 31.1 Å². The average Bonchev–Trinajstić information content (AvgIpc) is 3.24. The highest BCUT2D eigenvalue weighted by molar-refractivity contribution is 5.71. The summed E-state index contributed by atoms with van der Waals surface area (Å²) < 4.78 is 16.8. The molecule has 0 saturated heterocycles. The first-order valence-corrected chi connectivity index (χ1v) is 27.6. The lowest BCUT2D eigenvalue weighted by molar-refractivity contribution is -0.167. The molecule has 0 rings (SSSR count). The van der Waals surface area contributed by atoms with Gasteiger partial charge in [0.25, 0.3) is 0 Å². The number of ether oxygens (including phenoxy) is 3. The summed E-state index contributed by atoms with van der Waals surface area (Å²) in [5.41, 5.74) is 0. The second kappa shape index (κ2) is 47.4. The van der Waals surface area contributed by atoms with Gasteiger partial charge in [0, 0.05) is 19.3 Å². The molecule has 0 fully saturated rings. The fraction of sp³-hybridized carbons (Fsp3) is 0.946. The normalized spacial score (nSPS) is 12.6. The Bertz CT molecular complexity index is 962. The molecule has 0 aromatic carbocycles. The summed E-state index contributed by atoms with van der Waals surface area (Å²) in [6, 6.07) is 0. The molecular formula is C56H108O6. The highest BCUT2D eigenvalue weighted by Crippen LogP contribution is 2.18. The third kappa shape index (κ3) is 47.9. The minimum absolute atomic E-state index is 0.0645. The van der Waals surface area contributed by atoms with Crippen LogP contribution in [0, 0.1) is 17.8 Å². The van der Waals surface area contributed by atoms with E-state index in [4.69, 9.17) is 14.2 Å². The Morgan fingerprint density at radius 1 is 0.323 bits per heavy atom. The fourth-order valence-electron chi connectivity index (χ4n) is 8.44. The van der Waals surface area contributed by atoms with E-state index in [1.165, 1.54) is 186 Å². The highest BCUT2D eigenvalue weighted by atomic mass is 16.6. The van der Waals surface area contributed by atoms with Crippen LogP contribution in [0.4, 0.5) is 0 Å². The zero-order chi connectivity index (χ0) is 45.6. The van der Waals surface area contributed by atoms with Crippen molar-refractivity contribution < 1.29 is 28.6 Å². The molecule has 0 saturated carbocycles. The van der Waals surface area contributed by atoms with Gasteiger partial charge in [-0.3, -0.25) is 14.4 Å². The van der Waals surface area contributed by atoms with E-state index >= 15 is 0 Å². The molecule has 0 spiro atoms. The van der Waals surface area contributed by atoms with Gasteiger partial charge in [0.1, 0.15) is 13.2 Å². The van der Waals surface area contributed by atoms with Gasteiger partial charge in [-0.1, -0.05) is 266 Å². The predicted octanol–water partition coefficient (Wildman–Crippen LogP) is 17.9. The van der Waals surface area contributed by atoms with Gasteiger partial charge in [0.15, 0.2) is 6.10 Å². The molecule has 0 radical (unpaired) electrons. The van der Waals surface area contributed by atoms with E-state index in [0.717, 1.165) is 75.5 Å². The average molecular weight is 877 g/mol. The van der Waals surface area contributed by atoms with Crippen molar-refractivity contribution in [3.05, 3.63) is 0 Å². The van der Waals surface area contributed by atoms with Crippen LogP contribution in [0.2, 0.25) is 0 Å². The molecule has 0 aliphatic heterocycles. The number of hydrogen-bond donors (Lipinski definition) is 0. The first kappa shape index (κ1) is 60.4. The van der Waals surface area contributed by atoms with Gasteiger partial charge in [-0.25, -0.2) is 0 Å². The fourth-order valence-corrected chi connectivity index (χ4v) is 8.44. The van der Waals surface area contributed by atoms with E-state index in [1.807, 2.05) is 0 Å². The van der Waals surface area contributed by atoms with Gasteiger partial charge in [-0.05, 0) is 37.0 Å². The zero-order valence-corrected chi connectivity index (χ0v) is 42.7. The van der Waals surface area contributed by atoms with Crippen LogP contribution in [0.25, 0.3) is 0 Å². The van der Waals surface area contributed by atoms with E-state index in [9.17, 15) is 14.4 Å². The number of carbonyl (C=O) groups is 3. The molecule has 0 aliphatic carbocycles. The summed E-state index contributed by atoms with van der Waals surface area (Å²) >= 11 is 0. The largest absolute Gasteiger partial charge is 0.462 e. The van der Waals surface area contributed by atoms with Crippen molar-refractivity contribution in [1.82, 2.24) is 0 Å². The zero-order valence-electron chi connectivity index (χ0n) is 42.7. The second-order valence-electron chi connectivity index (χ2n) is 20.4. The van der Waals surface area contributed by atoms with Crippen molar-refractivity contribution in [2.45, 2.75) is 311 Å². The number of carbonyl (C=O) groups excluding carboxylic acids is 3. The molecular weight excluding hydrogens is 769 g/mol. The van der Waals surface area contributed by atoms with Crippen LogP contribution in [0.1, 0.15) is 305 Å². The van der Waals surface area contributed by atoms with Crippen molar-refractivity contribution in [2.24, 2.45) is 17.8 Å². The van der Waals surface area contributed by atoms with Crippen LogP contribution in [-0.2, 0) is 28.6 Å². The molecule has 1 unspecified atom stereocenters.